The highest BCUT2D eigenvalue weighted by atomic mass is 32.2. The van der Waals surface area contributed by atoms with E-state index in [0.717, 1.165) is 12.4 Å². The number of nitrogens with two attached hydrogens (primary N) is 2. The molecule has 1 heterocycles. The van der Waals surface area contributed by atoms with E-state index in [0.29, 0.717) is 16.3 Å². The first-order valence-electron chi connectivity index (χ1n) is 4.96. The average Bonchev–Trinajstić information content (AvgIpc) is 3.01. The number of aromatic nitrogens is 1. The van der Waals surface area contributed by atoms with Crippen LogP contribution in [0.4, 0.5) is 17.3 Å². The molecule has 1 aliphatic carbocycles. The van der Waals surface area contributed by atoms with Crippen molar-refractivity contribution in [1.29, 1.82) is 0 Å². The maximum atomic E-state index is 5.63. The number of anilines is 3. The minimum Gasteiger partial charge on any atom is -0.396 e. The summed E-state index contributed by atoms with van der Waals surface area (Å²) in [5, 5.41) is 3.30. The molecule has 5 heteroatoms. The summed E-state index contributed by atoms with van der Waals surface area (Å²) < 4.78 is 0.428. The molecule has 0 amide bonds. The SMILES string of the molecule is CSC1(CNc2ccc(N)c(N)n2)CC1. The predicted molar refractivity (Wildman–Crippen MR) is 67.0 cm³/mol. The summed E-state index contributed by atoms with van der Waals surface area (Å²) in [5.41, 5.74) is 11.8. The number of nitrogens with one attached hydrogen (secondary N) is 1. The van der Waals surface area contributed by atoms with Crippen LogP contribution in [0, 0.1) is 0 Å². The highest BCUT2D eigenvalue weighted by molar-refractivity contribution is 8.00. The normalized spacial score (nSPS) is 17.4. The number of pyridine rings is 1. The molecule has 82 valence electrons. The number of nitrogen functional groups attached to an aromatic ring is 2. The minimum atomic E-state index is 0.397. The van der Waals surface area contributed by atoms with Crippen LogP contribution >= 0.6 is 11.8 Å². The van der Waals surface area contributed by atoms with Crippen LogP contribution in [0.1, 0.15) is 12.8 Å². The van der Waals surface area contributed by atoms with Gasteiger partial charge in [0.2, 0.25) is 0 Å². The van der Waals surface area contributed by atoms with E-state index in [2.05, 4.69) is 16.6 Å². The molecule has 5 N–H and O–H groups in total. The highest BCUT2D eigenvalue weighted by Gasteiger charge is 2.41. The van der Waals surface area contributed by atoms with Gasteiger partial charge in [0.15, 0.2) is 0 Å². The van der Waals surface area contributed by atoms with Gasteiger partial charge in [-0.25, -0.2) is 4.98 Å². The Morgan fingerprint density at radius 3 is 2.73 bits per heavy atom. The lowest BCUT2D eigenvalue weighted by Crippen LogP contribution is -2.18. The van der Waals surface area contributed by atoms with Crippen molar-refractivity contribution < 1.29 is 0 Å². The molecule has 15 heavy (non-hydrogen) atoms. The van der Waals surface area contributed by atoms with Crippen molar-refractivity contribution in [1.82, 2.24) is 4.98 Å². The quantitative estimate of drug-likeness (QED) is 0.723. The fraction of sp³-hybridized carbons (Fsp3) is 0.500. The molecule has 0 saturated heterocycles. The Balaban J connectivity index is 1.96. The number of rotatable bonds is 4. The van der Waals surface area contributed by atoms with Gasteiger partial charge in [-0.3, -0.25) is 0 Å². The molecule has 4 nitrogen and oxygen atoms in total. The molecule has 1 fully saturated rings. The van der Waals surface area contributed by atoms with E-state index in [9.17, 15) is 0 Å². The van der Waals surface area contributed by atoms with Crippen molar-refractivity contribution in [2.75, 3.05) is 29.6 Å². The van der Waals surface area contributed by atoms with E-state index in [-0.39, 0.29) is 0 Å². The maximum Gasteiger partial charge on any atom is 0.149 e. The number of thioether (sulfide) groups is 1. The Bertz CT molecular complexity index is 362. The van der Waals surface area contributed by atoms with E-state index >= 15 is 0 Å². The van der Waals surface area contributed by atoms with Gasteiger partial charge in [-0.2, -0.15) is 11.8 Å². The third-order valence-electron chi connectivity index (χ3n) is 2.79. The summed E-state index contributed by atoms with van der Waals surface area (Å²) in [7, 11) is 0. The molecule has 0 atom stereocenters. The van der Waals surface area contributed by atoms with Crippen LogP contribution in [0.3, 0.4) is 0 Å². The number of hydrogen-bond donors (Lipinski definition) is 3. The van der Waals surface area contributed by atoms with E-state index < -0.39 is 0 Å². The molecular weight excluding hydrogens is 208 g/mol. The zero-order chi connectivity index (χ0) is 10.9. The third-order valence-corrected chi connectivity index (χ3v) is 4.21. The standard InChI is InChI=1S/C10H16N4S/c1-15-10(4-5-10)6-13-8-3-2-7(11)9(12)14-8/h2-3H,4-6,11H2,1H3,(H3,12,13,14). The van der Waals surface area contributed by atoms with Crippen molar-refractivity contribution in [3.05, 3.63) is 12.1 Å². The molecule has 2 rings (SSSR count). The molecule has 0 aliphatic heterocycles. The molecule has 0 unspecified atom stereocenters. The zero-order valence-electron chi connectivity index (χ0n) is 8.79. The van der Waals surface area contributed by atoms with E-state index in [1.165, 1.54) is 12.8 Å². The Hall–Kier alpha value is -1.10. The lowest BCUT2D eigenvalue weighted by Gasteiger charge is -2.13. The molecule has 0 aromatic carbocycles. The van der Waals surface area contributed by atoms with Crippen molar-refractivity contribution in [2.45, 2.75) is 17.6 Å². The molecule has 0 radical (unpaired) electrons. The summed E-state index contributed by atoms with van der Waals surface area (Å²) >= 11 is 1.92. The molecule has 1 aromatic rings. The fourth-order valence-corrected chi connectivity index (χ4v) is 2.16. The number of nitrogens with zero attached hydrogens (tertiary/aromatic N) is 1. The first-order valence-corrected chi connectivity index (χ1v) is 6.19. The Morgan fingerprint density at radius 1 is 1.47 bits per heavy atom. The molecule has 0 bridgehead atoms. The van der Waals surface area contributed by atoms with Crippen LogP contribution in [0.25, 0.3) is 0 Å². The third kappa shape index (κ3) is 2.28. The second-order valence-corrected chi connectivity index (χ2v) is 5.19. The molecule has 1 aromatic heterocycles. The van der Waals surface area contributed by atoms with Gasteiger partial charge in [0, 0.05) is 11.3 Å². The van der Waals surface area contributed by atoms with Gasteiger partial charge in [-0.1, -0.05) is 0 Å². The lowest BCUT2D eigenvalue weighted by molar-refractivity contribution is 0.941. The summed E-state index contributed by atoms with van der Waals surface area (Å²) in [6.07, 6.45) is 4.72. The Kier molecular flexibility index (Phi) is 2.65. The predicted octanol–water partition coefficient (Wildman–Crippen LogP) is 1.55. The highest BCUT2D eigenvalue weighted by Crippen LogP contribution is 2.46. The van der Waals surface area contributed by atoms with Gasteiger partial charge in [-0.15, -0.1) is 0 Å². The van der Waals surface area contributed by atoms with Crippen LogP contribution in [0.5, 0.6) is 0 Å². The van der Waals surface area contributed by atoms with E-state index in [1.807, 2.05) is 17.8 Å². The zero-order valence-corrected chi connectivity index (χ0v) is 9.60. The molecule has 1 saturated carbocycles. The van der Waals surface area contributed by atoms with Crippen molar-refractivity contribution in [3.63, 3.8) is 0 Å². The van der Waals surface area contributed by atoms with Crippen LogP contribution in [0.2, 0.25) is 0 Å². The van der Waals surface area contributed by atoms with Crippen molar-refractivity contribution >= 4 is 29.1 Å². The van der Waals surface area contributed by atoms with Gasteiger partial charge in [0.25, 0.3) is 0 Å². The van der Waals surface area contributed by atoms with Crippen LogP contribution in [0.15, 0.2) is 12.1 Å². The van der Waals surface area contributed by atoms with Gasteiger partial charge >= 0.3 is 0 Å². The smallest absolute Gasteiger partial charge is 0.149 e. The topological polar surface area (TPSA) is 77.0 Å². The summed E-state index contributed by atoms with van der Waals surface area (Å²) in [4.78, 5) is 4.17. The molecule has 1 aliphatic rings. The second-order valence-electron chi connectivity index (χ2n) is 3.91. The molecular formula is C10H16N4S. The van der Waals surface area contributed by atoms with Gasteiger partial charge in [-0.05, 0) is 31.2 Å². The summed E-state index contributed by atoms with van der Waals surface area (Å²) in [6.45, 7) is 0.949. The van der Waals surface area contributed by atoms with Crippen molar-refractivity contribution in [3.8, 4) is 0 Å². The first-order chi connectivity index (χ1) is 7.15. The second kappa shape index (κ2) is 3.81. The lowest BCUT2D eigenvalue weighted by atomic mass is 10.3. The van der Waals surface area contributed by atoms with Crippen LogP contribution < -0.4 is 16.8 Å². The fourth-order valence-electron chi connectivity index (χ4n) is 1.43. The average molecular weight is 224 g/mol. The van der Waals surface area contributed by atoms with Gasteiger partial charge in [0.05, 0.1) is 5.69 Å². The Morgan fingerprint density at radius 2 is 2.20 bits per heavy atom. The molecule has 0 spiro atoms. The van der Waals surface area contributed by atoms with E-state index in [1.54, 1.807) is 6.07 Å². The first kappa shape index (κ1) is 10.4. The largest absolute Gasteiger partial charge is 0.396 e. The monoisotopic (exact) mass is 224 g/mol. The maximum absolute atomic E-state index is 5.63. The summed E-state index contributed by atoms with van der Waals surface area (Å²) in [6, 6.07) is 3.64. The number of hydrogen-bond acceptors (Lipinski definition) is 5. The Labute approximate surface area is 93.8 Å². The summed E-state index contributed by atoms with van der Waals surface area (Å²) in [5.74, 6) is 1.20. The van der Waals surface area contributed by atoms with Gasteiger partial charge < -0.3 is 16.8 Å². The van der Waals surface area contributed by atoms with Crippen molar-refractivity contribution in [2.24, 2.45) is 0 Å². The van der Waals surface area contributed by atoms with Gasteiger partial charge in [0.1, 0.15) is 11.6 Å². The minimum absolute atomic E-state index is 0.397. The van der Waals surface area contributed by atoms with Crippen LogP contribution in [-0.2, 0) is 0 Å². The van der Waals surface area contributed by atoms with Crippen LogP contribution in [-0.4, -0.2) is 22.5 Å². The van der Waals surface area contributed by atoms with E-state index in [4.69, 9.17) is 11.5 Å².